The molecule has 0 saturated heterocycles. The molecular weight excluding hydrogens is 755 g/mol. The number of phenols is 1. The van der Waals surface area contributed by atoms with Crippen molar-refractivity contribution in [2.75, 3.05) is 0 Å². The van der Waals surface area contributed by atoms with E-state index < -0.39 is 23.5 Å². The molecule has 0 spiro atoms. The lowest BCUT2D eigenvalue weighted by Crippen LogP contribution is -2.17. The fourth-order valence-corrected chi connectivity index (χ4v) is 8.11. The molecule has 0 aliphatic carbocycles. The molecular formula is C58H61N3O. The van der Waals surface area contributed by atoms with Crippen LogP contribution in [-0.2, 0) is 21.7 Å². The fourth-order valence-electron chi connectivity index (χ4n) is 8.11. The Bertz CT molecular complexity index is 3200. The minimum absolute atomic E-state index is 0.0897. The fraction of sp³-hybridized carbons (Fsp3) is 0.276. The van der Waals surface area contributed by atoms with Crippen LogP contribution in [0.4, 0.5) is 0 Å². The Kier molecular flexibility index (Phi) is 9.15. The molecule has 8 aromatic rings. The molecule has 62 heavy (non-hydrogen) atoms. The standard InChI is InChI=1S/C58H61N3O/c1-55(2,3)42-26-27-50(46(34-42)38-22-17-14-18-23-38)61-51-25-19-24-45(52(51)60-54(61)47-35-44(57(7,8)9)36-48(53(47)62)58(10,11)12)40-30-41(32-43(31-40)56(4,5)6)49-33-39(28-29-59-49)37-20-15-13-16-21-37/h13-36,62H,1-12H3/i14D,17D,18D,22D,23D. The van der Waals surface area contributed by atoms with E-state index in [1.807, 2.05) is 71.4 Å². The second-order valence-electron chi connectivity index (χ2n) is 20.7. The number of pyridine rings is 1. The number of aromatic hydroxyl groups is 1. The highest BCUT2D eigenvalue weighted by Gasteiger charge is 2.30. The first kappa shape index (κ1) is 36.4. The third-order valence-electron chi connectivity index (χ3n) is 11.9. The zero-order valence-corrected chi connectivity index (χ0v) is 38.3. The highest BCUT2D eigenvalue weighted by molar-refractivity contribution is 5.98. The summed E-state index contributed by atoms with van der Waals surface area (Å²) < 4.78 is 46.5. The van der Waals surface area contributed by atoms with Gasteiger partial charge in [-0.2, -0.15) is 0 Å². The Morgan fingerprint density at radius 1 is 0.500 bits per heavy atom. The molecule has 0 atom stereocenters. The lowest BCUT2D eigenvalue weighted by Gasteiger charge is -2.28. The van der Waals surface area contributed by atoms with Crippen LogP contribution < -0.4 is 0 Å². The van der Waals surface area contributed by atoms with Crippen LogP contribution in [0.3, 0.4) is 0 Å². The van der Waals surface area contributed by atoms with Crippen LogP contribution in [0.15, 0.2) is 146 Å². The second kappa shape index (κ2) is 15.6. The quantitative estimate of drug-likeness (QED) is 0.182. The Morgan fingerprint density at radius 3 is 1.81 bits per heavy atom. The molecule has 0 radical (unpaired) electrons. The molecule has 0 amide bonds. The van der Waals surface area contributed by atoms with Crippen molar-refractivity contribution in [3.63, 3.8) is 0 Å². The summed E-state index contributed by atoms with van der Waals surface area (Å²) >= 11 is 0. The molecule has 0 aliphatic heterocycles. The number of rotatable bonds is 6. The van der Waals surface area contributed by atoms with Crippen molar-refractivity contribution >= 4 is 11.0 Å². The predicted molar refractivity (Wildman–Crippen MR) is 263 cm³/mol. The molecule has 8 rings (SSSR count). The smallest absolute Gasteiger partial charge is 0.149 e. The summed E-state index contributed by atoms with van der Waals surface area (Å²) in [5, 5.41) is 12.6. The number of para-hydroxylation sites is 1. The lowest BCUT2D eigenvalue weighted by atomic mass is 9.79. The van der Waals surface area contributed by atoms with Crippen LogP contribution in [0.5, 0.6) is 5.75 Å². The van der Waals surface area contributed by atoms with E-state index >= 15 is 0 Å². The van der Waals surface area contributed by atoms with Crippen molar-refractivity contribution in [3.05, 3.63) is 168 Å². The van der Waals surface area contributed by atoms with Gasteiger partial charge in [-0.15, -0.1) is 0 Å². The van der Waals surface area contributed by atoms with Gasteiger partial charge in [0.15, 0.2) is 0 Å². The first-order valence-electron chi connectivity index (χ1n) is 24.1. The van der Waals surface area contributed by atoms with Gasteiger partial charge in [0.2, 0.25) is 0 Å². The molecule has 0 unspecified atom stereocenters. The summed E-state index contributed by atoms with van der Waals surface area (Å²) in [6.07, 6.45) is 1.86. The molecule has 0 fully saturated rings. The van der Waals surface area contributed by atoms with Crippen LogP contribution in [0.25, 0.3) is 72.7 Å². The summed E-state index contributed by atoms with van der Waals surface area (Å²) in [5.74, 6) is 0.564. The van der Waals surface area contributed by atoms with Crippen molar-refractivity contribution in [1.82, 2.24) is 14.5 Å². The van der Waals surface area contributed by atoms with Gasteiger partial charge in [0.05, 0.1) is 34.8 Å². The zero-order chi connectivity index (χ0) is 48.7. The van der Waals surface area contributed by atoms with E-state index in [9.17, 15) is 7.85 Å². The summed E-state index contributed by atoms with van der Waals surface area (Å²) in [4.78, 5) is 10.5. The normalized spacial score (nSPS) is 13.7. The van der Waals surface area contributed by atoms with Gasteiger partial charge < -0.3 is 5.11 Å². The van der Waals surface area contributed by atoms with E-state index in [0.717, 1.165) is 61.3 Å². The SMILES string of the molecule is [2H]c1c([2H])c([2H])c(-c2cc(C(C)(C)C)ccc2-n2c(-c3cc(C(C)(C)C)cc(C(C)(C)C)c3O)nc3c(-c4cc(-c5cc(-c6ccccc6)ccn5)cc(C(C)(C)C)c4)cccc32)c([2H])c1[2H]. The van der Waals surface area contributed by atoms with Gasteiger partial charge in [0, 0.05) is 28.5 Å². The first-order chi connectivity index (χ1) is 31.3. The van der Waals surface area contributed by atoms with Gasteiger partial charge in [0.25, 0.3) is 0 Å². The number of hydrogen-bond donors (Lipinski definition) is 1. The van der Waals surface area contributed by atoms with E-state index in [0.29, 0.717) is 28.2 Å². The van der Waals surface area contributed by atoms with E-state index in [1.165, 1.54) is 0 Å². The number of fused-ring (bicyclic) bond motifs is 1. The predicted octanol–water partition coefficient (Wildman–Crippen LogP) is 15.7. The van der Waals surface area contributed by atoms with Crippen molar-refractivity contribution in [2.45, 2.75) is 105 Å². The van der Waals surface area contributed by atoms with Crippen molar-refractivity contribution in [1.29, 1.82) is 0 Å². The van der Waals surface area contributed by atoms with Gasteiger partial charge in [-0.3, -0.25) is 9.55 Å². The molecule has 0 saturated carbocycles. The van der Waals surface area contributed by atoms with Crippen molar-refractivity contribution in [3.8, 4) is 67.5 Å². The van der Waals surface area contributed by atoms with Crippen LogP contribution in [0, 0.1) is 0 Å². The maximum atomic E-state index is 12.6. The first-order valence-corrected chi connectivity index (χ1v) is 21.6. The molecule has 2 heterocycles. The number of imidazole rings is 1. The monoisotopic (exact) mass is 821 g/mol. The van der Waals surface area contributed by atoms with Gasteiger partial charge in [0.1, 0.15) is 11.6 Å². The highest BCUT2D eigenvalue weighted by Crippen LogP contribution is 2.46. The van der Waals surface area contributed by atoms with Gasteiger partial charge >= 0.3 is 0 Å². The zero-order valence-electron chi connectivity index (χ0n) is 43.3. The number of hydrogen-bond acceptors (Lipinski definition) is 3. The average Bonchev–Trinajstić information content (AvgIpc) is 3.66. The third-order valence-corrected chi connectivity index (χ3v) is 11.9. The minimum Gasteiger partial charge on any atom is -0.507 e. The Labute approximate surface area is 376 Å². The van der Waals surface area contributed by atoms with Crippen LogP contribution >= 0.6 is 0 Å². The largest absolute Gasteiger partial charge is 0.507 e. The molecule has 314 valence electrons. The van der Waals surface area contributed by atoms with Crippen LogP contribution in [0.2, 0.25) is 0 Å². The van der Waals surface area contributed by atoms with Crippen LogP contribution in [-0.4, -0.2) is 19.6 Å². The van der Waals surface area contributed by atoms with E-state index in [-0.39, 0.29) is 39.6 Å². The summed E-state index contributed by atoms with van der Waals surface area (Å²) in [6, 6.07) is 35.4. The number of aromatic nitrogens is 3. The van der Waals surface area contributed by atoms with Crippen LogP contribution in [0.1, 0.15) is 112 Å². The van der Waals surface area contributed by atoms with Crippen molar-refractivity contribution in [2.24, 2.45) is 0 Å². The average molecular weight is 821 g/mol. The molecule has 0 aliphatic rings. The Balaban J connectivity index is 1.51. The number of nitrogens with zero attached hydrogens (tertiary/aromatic N) is 3. The second-order valence-corrected chi connectivity index (χ2v) is 20.7. The van der Waals surface area contributed by atoms with Gasteiger partial charge in [-0.05, 0) is 109 Å². The molecule has 4 nitrogen and oxygen atoms in total. The van der Waals surface area contributed by atoms with Gasteiger partial charge in [-0.1, -0.05) is 174 Å². The molecule has 6 aromatic carbocycles. The highest BCUT2D eigenvalue weighted by atomic mass is 16.3. The maximum absolute atomic E-state index is 12.6. The van der Waals surface area contributed by atoms with Crippen molar-refractivity contribution < 1.29 is 12.0 Å². The molecule has 2 aromatic heterocycles. The lowest BCUT2D eigenvalue weighted by molar-refractivity contribution is 0.446. The summed E-state index contributed by atoms with van der Waals surface area (Å²) in [6.45, 7) is 25.6. The molecule has 0 bridgehead atoms. The Hall–Kier alpha value is -6.26. The molecule has 4 heteroatoms. The van der Waals surface area contributed by atoms with Gasteiger partial charge in [-0.25, -0.2) is 4.98 Å². The summed E-state index contributed by atoms with van der Waals surface area (Å²) in [5.41, 5.74) is 11.3. The third kappa shape index (κ3) is 8.23. The minimum atomic E-state index is -0.455. The number of phenolic OH excluding ortho intramolecular Hbond substituents is 1. The number of benzene rings is 6. The topological polar surface area (TPSA) is 50.9 Å². The maximum Gasteiger partial charge on any atom is 0.149 e. The summed E-state index contributed by atoms with van der Waals surface area (Å²) in [7, 11) is 0. The van der Waals surface area contributed by atoms with E-state index in [4.69, 9.17) is 14.1 Å². The van der Waals surface area contributed by atoms with E-state index in [2.05, 4.69) is 132 Å². The molecule has 1 N–H and O–H groups in total. The Morgan fingerprint density at radius 2 is 1.15 bits per heavy atom. The van der Waals surface area contributed by atoms with E-state index in [1.54, 1.807) is 0 Å².